The zero-order valence-corrected chi connectivity index (χ0v) is 18.9. The van der Waals surface area contributed by atoms with E-state index in [4.69, 9.17) is 9.57 Å². The zero-order chi connectivity index (χ0) is 22.0. The van der Waals surface area contributed by atoms with Gasteiger partial charge in [0, 0.05) is 25.6 Å². The molecule has 1 N–H and O–H groups in total. The van der Waals surface area contributed by atoms with Crippen molar-refractivity contribution in [2.75, 3.05) is 33.9 Å². The number of rotatable bonds is 7. The molecule has 0 spiro atoms. The summed E-state index contributed by atoms with van der Waals surface area (Å²) >= 11 is 0. The van der Waals surface area contributed by atoms with Crippen molar-refractivity contribution in [3.63, 3.8) is 0 Å². The van der Waals surface area contributed by atoms with E-state index in [9.17, 15) is 9.59 Å². The minimum atomic E-state index is -0.941. The first-order valence-electron chi connectivity index (χ1n) is 11.5. The van der Waals surface area contributed by atoms with Crippen LogP contribution in [0.5, 0.6) is 0 Å². The van der Waals surface area contributed by atoms with Crippen molar-refractivity contribution in [1.29, 1.82) is 0 Å². The van der Waals surface area contributed by atoms with Crippen LogP contribution in [0.3, 0.4) is 0 Å². The van der Waals surface area contributed by atoms with Crippen LogP contribution in [-0.2, 0) is 19.2 Å². The Kier molecular flexibility index (Phi) is 6.65. The predicted molar refractivity (Wildman–Crippen MR) is 117 cm³/mol. The lowest BCUT2D eigenvalue weighted by Crippen LogP contribution is -2.56. The van der Waals surface area contributed by atoms with Crippen LogP contribution in [0.25, 0.3) is 0 Å². The molecule has 4 rings (SSSR count). The molecule has 5 atom stereocenters. The third-order valence-electron chi connectivity index (χ3n) is 7.25. The molecule has 1 saturated carbocycles. The van der Waals surface area contributed by atoms with Crippen molar-refractivity contribution in [2.24, 2.45) is 5.92 Å². The highest BCUT2D eigenvalue weighted by Gasteiger charge is 2.63. The summed E-state index contributed by atoms with van der Waals surface area (Å²) in [5.74, 6) is -0.665. The van der Waals surface area contributed by atoms with Crippen LogP contribution in [0.4, 0.5) is 0 Å². The number of nitrogens with one attached hydrogen (secondary N) is 1. The summed E-state index contributed by atoms with van der Waals surface area (Å²) in [4.78, 5) is 34.8. The maximum absolute atomic E-state index is 13.5. The lowest BCUT2D eigenvalue weighted by atomic mass is 9.94. The van der Waals surface area contributed by atoms with Gasteiger partial charge >= 0.3 is 0 Å². The predicted octanol–water partition coefficient (Wildman–Crippen LogP) is 2.33. The van der Waals surface area contributed by atoms with Gasteiger partial charge in [0.15, 0.2) is 0 Å². The van der Waals surface area contributed by atoms with Crippen LogP contribution in [0, 0.1) is 5.92 Å². The van der Waals surface area contributed by atoms with E-state index in [0.717, 1.165) is 37.8 Å². The van der Waals surface area contributed by atoms with Gasteiger partial charge in [-0.1, -0.05) is 37.3 Å². The summed E-state index contributed by atoms with van der Waals surface area (Å²) in [5, 5.41) is 4.63. The third kappa shape index (κ3) is 4.36. The monoisotopic (exact) mass is 429 g/mol. The lowest BCUT2D eigenvalue weighted by molar-refractivity contribution is -0.200. The normalized spacial score (nSPS) is 30.6. The highest BCUT2D eigenvalue weighted by atomic mass is 16.7. The molecule has 2 saturated heterocycles. The van der Waals surface area contributed by atoms with Gasteiger partial charge in [0.2, 0.25) is 5.91 Å². The molecule has 3 fully saturated rings. The maximum atomic E-state index is 13.5. The van der Waals surface area contributed by atoms with Crippen molar-refractivity contribution in [3.05, 3.63) is 35.9 Å². The molecule has 1 aromatic rings. The Morgan fingerprint density at radius 2 is 1.97 bits per heavy atom. The fourth-order valence-electron chi connectivity index (χ4n) is 5.29. The van der Waals surface area contributed by atoms with Gasteiger partial charge in [-0.3, -0.25) is 14.4 Å². The number of amides is 2. The molecule has 2 heterocycles. The van der Waals surface area contributed by atoms with E-state index in [-0.39, 0.29) is 35.8 Å². The van der Waals surface area contributed by atoms with Crippen molar-refractivity contribution in [2.45, 2.75) is 62.6 Å². The number of hydrogen-bond acceptors (Lipinski definition) is 5. The Hall–Kier alpha value is -1.96. The maximum Gasteiger partial charge on any atom is 0.272 e. The van der Waals surface area contributed by atoms with Crippen LogP contribution in [0.1, 0.15) is 50.5 Å². The number of carbonyl (C=O) groups is 2. The molecular weight excluding hydrogens is 394 g/mol. The molecule has 0 aromatic heterocycles. The highest BCUT2D eigenvalue weighted by molar-refractivity contribution is 5.96. The van der Waals surface area contributed by atoms with Crippen molar-refractivity contribution in [1.82, 2.24) is 15.3 Å². The molecule has 1 aliphatic carbocycles. The van der Waals surface area contributed by atoms with Crippen LogP contribution >= 0.6 is 0 Å². The number of likely N-dealkylation sites (N-methyl/N-ethyl adjacent to an activating group) is 1. The summed E-state index contributed by atoms with van der Waals surface area (Å²) in [7, 11) is 3.76. The second-order valence-electron chi connectivity index (χ2n) is 9.25. The van der Waals surface area contributed by atoms with E-state index < -0.39 is 5.54 Å². The van der Waals surface area contributed by atoms with Gasteiger partial charge in [0.05, 0.1) is 18.6 Å². The fraction of sp³-hybridized carbons (Fsp3) is 0.667. The standard InChI is InChI=1S/C24H35N3O4/c1-17(21(30-3)20-12-9-13-26(20)2)22(28)25-24(23(29)27-14-7-8-15-31-27)16-19(24)18-10-5-4-6-11-18/h4-6,10-11,17,19-21H,7-9,12-16H2,1-3H3,(H,25,28)/t17-,19+,20+,21-,24+/m1/s1. The number of likely N-dealkylation sites (tertiary alicyclic amines) is 1. The molecular formula is C24H35N3O4. The Labute approximate surface area is 185 Å². The summed E-state index contributed by atoms with van der Waals surface area (Å²) in [6.07, 6.45) is 4.38. The molecule has 3 aliphatic rings. The van der Waals surface area contributed by atoms with E-state index in [1.807, 2.05) is 37.3 Å². The van der Waals surface area contributed by atoms with E-state index in [1.54, 1.807) is 7.11 Å². The number of hydroxylamine groups is 2. The SMILES string of the molecule is CO[C@H]([C@@H](C)C(=O)N[C@@]1(C(=O)N2CCCCO2)C[C@H]1c1ccccc1)[C@@H]1CCCN1C. The second kappa shape index (κ2) is 9.27. The Balaban J connectivity index is 1.53. The van der Waals surface area contributed by atoms with Crippen molar-refractivity contribution >= 4 is 11.8 Å². The summed E-state index contributed by atoms with van der Waals surface area (Å²) in [5.41, 5.74) is 0.129. The number of hydrogen-bond donors (Lipinski definition) is 1. The molecule has 1 aromatic carbocycles. The first-order chi connectivity index (χ1) is 15.0. The average molecular weight is 430 g/mol. The van der Waals surface area contributed by atoms with Gasteiger partial charge in [0.1, 0.15) is 5.54 Å². The number of carbonyl (C=O) groups excluding carboxylic acids is 2. The van der Waals surface area contributed by atoms with Crippen molar-refractivity contribution in [3.8, 4) is 0 Å². The van der Waals surface area contributed by atoms with E-state index in [0.29, 0.717) is 19.6 Å². The second-order valence-corrected chi connectivity index (χ2v) is 9.25. The molecule has 31 heavy (non-hydrogen) atoms. The number of nitrogens with zero attached hydrogens (tertiary/aromatic N) is 2. The van der Waals surface area contributed by atoms with Crippen molar-refractivity contribution < 1.29 is 19.2 Å². The Morgan fingerprint density at radius 3 is 2.58 bits per heavy atom. The van der Waals surface area contributed by atoms with Gasteiger partial charge in [-0.25, -0.2) is 5.06 Å². The average Bonchev–Trinajstić information content (AvgIpc) is 3.39. The first kappa shape index (κ1) is 22.2. The fourth-order valence-corrected chi connectivity index (χ4v) is 5.29. The van der Waals surface area contributed by atoms with E-state index in [2.05, 4.69) is 17.3 Å². The third-order valence-corrected chi connectivity index (χ3v) is 7.25. The summed E-state index contributed by atoms with van der Waals surface area (Å²) < 4.78 is 5.79. The minimum Gasteiger partial charge on any atom is -0.379 e. The van der Waals surface area contributed by atoms with Gasteiger partial charge in [0.25, 0.3) is 5.91 Å². The topological polar surface area (TPSA) is 71.1 Å². The zero-order valence-electron chi connectivity index (χ0n) is 18.9. The van der Waals surface area contributed by atoms with Crippen LogP contribution in [0.15, 0.2) is 30.3 Å². The van der Waals surface area contributed by atoms with Gasteiger partial charge in [-0.05, 0) is 51.3 Å². The highest BCUT2D eigenvalue weighted by Crippen LogP contribution is 2.53. The minimum absolute atomic E-state index is 0.0435. The molecule has 2 amide bonds. The summed E-state index contributed by atoms with van der Waals surface area (Å²) in [6, 6.07) is 10.2. The summed E-state index contributed by atoms with van der Waals surface area (Å²) in [6.45, 7) is 4.04. The molecule has 0 radical (unpaired) electrons. The van der Waals surface area contributed by atoms with Crippen LogP contribution in [-0.4, -0.2) is 73.3 Å². The van der Waals surface area contributed by atoms with Gasteiger partial charge in [-0.2, -0.15) is 0 Å². The Bertz CT molecular complexity index is 782. The van der Waals surface area contributed by atoms with E-state index in [1.165, 1.54) is 5.06 Å². The molecule has 0 bridgehead atoms. The Morgan fingerprint density at radius 1 is 1.19 bits per heavy atom. The van der Waals surface area contributed by atoms with Gasteiger partial charge in [-0.15, -0.1) is 0 Å². The largest absolute Gasteiger partial charge is 0.379 e. The molecule has 2 aliphatic heterocycles. The number of methoxy groups -OCH3 is 1. The van der Waals surface area contributed by atoms with E-state index >= 15 is 0 Å². The molecule has 0 unspecified atom stereocenters. The number of ether oxygens (including phenoxy) is 1. The molecule has 7 nitrogen and oxygen atoms in total. The molecule has 7 heteroatoms. The quantitative estimate of drug-likeness (QED) is 0.720. The van der Waals surface area contributed by atoms with Gasteiger partial charge < -0.3 is 15.0 Å². The first-order valence-corrected chi connectivity index (χ1v) is 11.5. The molecule has 170 valence electrons. The lowest BCUT2D eigenvalue weighted by Gasteiger charge is -2.34. The van der Waals surface area contributed by atoms with Crippen LogP contribution < -0.4 is 5.32 Å². The van der Waals surface area contributed by atoms with Crippen LogP contribution in [0.2, 0.25) is 0 Å². The number of benzene rings is 1. The smallest absolute Gasteiger partial charge is 0.272 e.